The number of carbonyl (C=O) groups is 4. The summed E-state index contributed by atoms with van der Waals surface area (Å²) in [6.45, 7) is 1.38. The van der Waals surface area contributed by atoms with E-state index in [2.05, 4.69) is 16.1 Å². The number of carbonyl (C=O) groups excluding carboxylic acids is 3. The van der Waals surface area contributed by atoms with Crippen LogP contribution in [0.1, 0.15) is 19.0 Å². The summed E-state index contributed by atoms with van der Waals surface area (Å²) in [4.78, 5) is 47.1. The summed E-state index contributed by atoms with van der Waals surface area (Å²) in [6.07, 6.45) is 0.0512. The number of aryl methyl sites for hydroxylation is 1. The lowest BCUT2D eigenvalue weighted by molar-refractivity contribution is -0.137. The number of rotatable bonds is 7. The van der Waals surface area contributed by atoms with Crippen LogP contribution in [0.2, 0.25) is 0 Å². The van der Waals surface area contributed by atoms with Crippen molar-refractivity contribution in [1.82, 2.24) is 4.68 Å². The molecule has 32 heavy (non-hydrogen) atoms. The van der Waals surface area contributed by atoms with E-state index in [-0.39, 0.29) is 18.7 Å². The summed E-state index contributed by atoms with van der Waals surface area (Å²) in [5.74, 6) is -3.00. The molecule has 0 unspecified atom stereocenters. The van der Waals surface area contributed by atoms with Crippen molar-refractivity contribution in [3.05, 3.63) is 72.4 Å². The van der Waals surface area contributed by atoms with Gasteiger partial charge in [-0.1, -0.05) is 30.3 Å². The third-order valence-electron chi connectivity index (χ3n) is 4.51. The van der Waals surface area contributed by atoms with Crippen molar-refractivity contribution in [3.63, 3.8) is 0 Å². The molecule has 9 nitrogen and oxygen atoms in total. The number of nitrogens with one attached hydrogen (secondary N) is 3. The Morgan fingerprint density at radius 3 is 2.03 bits per heavy atom. The van der Waals surface area contributed by atoms with Crippen LogP contribution in [0.3, 0.4) is 0 Å². The second-order valence-corrected chi connectivity index (χ2v) is 6.96. The lowest BCUT2D eigenvalue weighted by atomic mass is 10.2. The molecule has 0 radical (unpaired) electrons. The predicted octanol–water partition coefficient (Wildman–Crippen LogP) is 2.84. The molecule has 3 amide bonds. The van der Waals surface area contributed by atoms with Crippen molar-refractivity contribution >= 4 is 35.1 Å². The molecule has 0 aliphatic heterocycles. The minimum atomic E-state index is -0.967. The lowest BCUT2D eigenvalue weighted by Crippen LogP contribution is -2.35. The molecule has 0 bridgehead atoms. The Bertz CT molecular complexity index is 1140. The first-order chi connectivity index (χ1) is 15.3. The van der Waals surface area contributed by atoms with Crippen LogP contribution >= 0.6 is 0 Å². The number of nitrogens with zero attached hydrogens (tertiary/aromatic N) is 1. The van der Waals surface area contributed by atoms with Crippen LogP contribution in [-0.4, -0.2) is 33.5 Å². The van der Waals surface area contributed by atoms with E-state index in [0.29, 0.717) is 22.8 Å². The first-order valence-corrected chi connectivity index (χ1v) is 9.81. The van der Waals surface area contributed by atoms with Crippen molar-refractivity contribution in [2.75, 3.05) is 16.1 Å². The minimum absolute atomic E-state index is 0.124. The molecular weight excluding hydrogens is 412 g/mol. The maximum atomic E-state index is 12.6. The number of carboxylic acids is 1. The molecule has 0 atom stereocenters. The lowest BCUT2D eigenvalue weighted by Gasteiger charge is -2.15. The Morgan fingerprint density at radius 2 is 1.44 bits per heavy atom. The Kier molecular flexibility index (Phi) is 7.02. The molecule has 1 heterocycles. The van der Waals surface area contributed by atoms with Crippen LogP contribution in [0, 0.1) is 0 Å². The molecule has 9 heteroatoms. The van der Waals surface area contributed by atoms with E-state index in [1.54, 1.807) is 36.4 Å². The Balaban J connectivity index is 1.76. The number of amides is 3. The van der Waals surface area contributed by atoms with Gasteiger partial charge in [0.15, 0.2) is 0 Å². The SMILES string of the molecule is CC(=O)Nc1ccc(NC(=O)C(=O)Nn2c(CCC(=O)O)ccc2-c2ccccc2)cc1. The van der Waals surface area contributed by atoms with Gasteiger partial charge in [0.25, 0.3) is 0 Å². The molecule has 2 aromatic carbocycles. The smallest absolute Gasteiger partial charge is 0.328 e. The van der Waals surface area contributed by atoms with Gasteiger partial charge < -0.3 is 15.7 Å². The van der Waals surface area contributed by atoms with E-state index in [1.165, 1.54) is 11.6 Å². The number of hydrogen-bond donors (Lipinski definition) is 4. The number of hydrogen-bond acceptors (Lipinski definition) is 4. The zero-order valence-corrected chi connectivity index (χ0v) is 17.3. The summed E-state index contributed by atoms with van der Waals surface area (Å²) >= 11 is 0. The van der Waals surface area contributed by atoms with Crippen molar-refractivity contribution in [2.24, 2.45) is 0 Å². The van der Waals surface area contributed by atoms with Gasteiger partial charge >= 0.3 is 17.8 Å². The standard InChI is InChI=1S/C23H22N4O5/c1-15(28)24-17-7-9-18(10-8-17)25-22(31)23(32)26-27-19(12-14-21(29)30)11-13-20(27)16-5-3-2-4-6-16/h2-11,13H,12,14H2,1H3,(H,24,28)(H,25,31)(H,26,32)(H,29,30). The fourth-order valence-corrected chi connectivity index (χ4v) is 3.06. The minimum Gasteiger partial charge on any atom is -0.481 e. The predicted molar refractivity (Wildman–Crippen MR) is 120 cm³/mol. The van der Waals surface area contributed by atoms with Crippen molar-refractivity contribution in [3.8, 4) is 11.3 Å². The fourth-order valence-electron chi connectivity index (χ4n) is 3.06. The topological polar surface area (TPSA) is 130 Å². The highest BCUT2D eigenvalue weighted by atomic mass is 16.4. The zero-order chi connectivity index (χ0) is 23.1. The molecule has 0 fully saturated rings. The van der Waals surface area contributed by atoms with Gasteiger partial charge in [-0.25, -0.2) is 0 Å². The molecule has 0 saturated carbocycles. The van der Waals surface area contributed by atoms with E-state index in [9.17, 15) is 19.2 Å². The van der Waals surface area contributed by atoms with Gasteiger partial charge in [0, 0.05) is 36.0 Å². The van der Waals surface area contributed by atoms with E-state index in [1.807, 2.05) is 30.3 Å². The summed E-state index contributed by atoms with van der Waals surface area (Å²) in [6, 6.07) is 19.0. The maximum Gasteiger partial charge on any atom is 0.328 e. The second kappa shape index (κ2) is 10.1. The molecule has 164 valence electrons. The van der Waals surface area contributed by atoms with Crippen LogP contribution in [0.4, 0.5) is 11.4 Å². The van der Waals surface area contributed by atoms with E-state index in [4.69, 9.17) is 5.11 Å². The highest BCUT2D eigenvalue weighted by molar-refractivity contribution is 6.42. The van der Waals surface area contributed by atoms with E-state index < -0.39 is 17.8 Å². The maximum absolute atomic E-state index is 12.6. The number of carboxylic acid groups (broad SMARTS) is 1. The van der Waals surface area contributed by atoms with E-state index in [0.717, 1.165) is 5.56 Å². The quantitative estimate of drug-likeness (QED) is 0.425. The van der Waals surface area contributed by atoms with Gasteiger partial charge in [0.05, 0.1) is 12.1 Å². The summed E-state index contributed by atoms with van der Waals surface area (Å²) in [5, 5.41) is 14.1. The van der Waals surface area contributed by atoms with Gasteiger partial charge in [-0.3, -0.25) is 29.3 Å². The van der Waals surface area contributed by atoms with Gasteiger partial charge in [-0.2, -0.15) is 0 Å². The van der Waals surface area contributed by atoms with Crippen LogP contribution < -0.4 is 16.1 Å². The molecule has 0 aliphatic carbocycles. The Hall–Kier alpha value is -4.40. The highest BCUT2D eigenvalue weighted by Crippen LogP contribution is 2.22. The Labute approximate surface area is 184 Å². The summed E-state index contributed by atoms with van der Waals surface area (Å²) in [7, 11) is 0. The molecule has 0 saturated heterocycles. The van der Waals surface area contributed by atoms with E-state index >= 15 is 0 Å². The number of anilines is 2. The average Bonchev–Trinajstić information content (AvgIpc) is 3.16. The summed E-state index contributed by atoms with van der Waals surface area (Å²) in [5.41, 5.74) is 5.45. The Morgan fingerprint density at radius 1 is 0.812 bits per heavy atom. The second-order valence-electron chi connectivity index (χ2n) is 6.96. The zero-order valence-electron chi connectivity index (χ0n) is 17.3. The van der Waals surface area contributed by atoms with Gasteiger partial charge in [-0.15, -0.1) is 0 Å². The van der Waals surface area contributed by atoms with Gasteiger partial charge in [-0.05, 0) is 36.4 Å². The average molecular weight is 434 g/mol. The molecule has 1 aromatic heterocycles. The van der Waals surface area contributed by atoms with Crippen molar-refractivity contribution < 1.29 is 24.3 Å². The number of aliphatic carboxylic acids is 1. The fraction of sp³-hybridized carbons (Fsp3) is 0.130. The van der Waals surface area contributed by atoms with Crippen LogP contribution in [0.25, 0.3) is 11.3 Å². The molecule has 3 aromatic rings. The molecular formula is C23H22N4O5. The first-order valence-electron chi connectivity index (χ1n) is 9.81. The highest BCUT2D eigenvalue weighted by Gasteiger charge is 2.18. The summed E-state index contributed by atoms with van der Waals surface area (Å²) < 4.78 is 1.43. The first kappa shape index (κ1) is 22.3. The number of benzene rings is 2. The van der Waals surface area contributed by atoms with Crippen molar-refractivity contribution in [1.29, 1.82) is 0 Å². The normalized spacial score (nSPS) is 10.3. The molecule has 3 rings (SSSR count). The largest absolute Gasteiger partial charge is 0.481 e. The monoisotopic (exact) mass is 434 g/mol. The molecule has 0 spiro atoms. The van der Waals surface area contributed by atoms with Crippen molar-refractivity contribution in [2.45, 2.75) is 19.8 Å². The van der Waals surface area contributed by atoms with Crippen LogP contribution in [0.15, 0.2) is 66.7 Å². The number of aromatic nitrogens is 1. The van der Waals surface area contributed by atoms with Crippen LogP contribution in [-0.2, 0) is 25.6 Å². The third kappa shape index (κ3) is 5.82. The van der Waals surface area contributed by atoms with Crippen LogP contribution in [0.5, 0.6) is 0 Å². The third-order valence-corrected chi connectivity index (χ3v) is 4.51. The van der Waals surface area contributed by atoms with Gasteiger partial charge in [0.2, 0.25) is 5.91 Å². The molecule has 0 aliphatic rings. The van der Waals surface area contributed by atoms with Gasteiger partial charge in [0.1, 0.15) is 0 Å². The molecule has 4 N–H and O–H groups in total.